The second kappa shape index (κ2) is 7.22. The van der Waals surface area contributed by atoms with Gasteiger partial charge >= 0.3 is 0 Å². The Labute approximate surface area is 114 Å². The van der Waals surface area contributed by atoms with Gasteiger partial charge in [0.25, 0.3) is 5.91 Å². The Morgan fingerprint density at radius 3 is 2.68 bits per heavy atom. The molecule has 1 heterocycles. The Morgan fingerprint density at radius 2 is 2.11 bits per heavy atom. The summed E-state index contributed by atoms with van der Waals surface area (Å²) in [6.07, 6.45) is 5.94. The van der Waals surface area contributed by atoms with Gasteiger partial charge in [-0.3, -0.25) is 4.79 Å². The van der Waals surface area contributed by atoms with E-state index in [-0.39, 0.29) is 11.3 Å². The van der Waals surface area contributed by atoms with E-state index in [4.69, 9.17) is 0 Å². The molecule has 0 aromatic carbocycles. The van der Waals surface area contributed by atoms with Gasteiger partial charge in [0.2, 0.25) is 5.95 Å². The smallest absolute Gasteiger partial charge is 0.252 e. The highest BCUT2D eigenvalue weighted by molar-refractivity contribution is 5.93. The monoisotopic (exact) mass is 266 g/mol. The number of aromatic nitrogens is 1. The second-order valence-electron chi connectivity index (χ2n) is 5.67. The molecule has 0 aliphatic rings. The lowest BCUT2D eigenvalue weighted by Crippen LogP contribution is -2.34. The molecule has 0 unspecified atom stereocenters. The average Bonchev–Trinajstić information content (AvgIpc) is 2.37. The first-order valence-electron chi connectivity index (χ1n) is 6.84. The summed E-state index contributed by atoms with van der Waals surface area (Å²) in [6, 6.07) is 2.64. The minimum atomic E-state index is -0.573. The molecule has 1 rings (SSSR count). The quantitative estimate of drug-likeness (QED) is 0.605. The summed E-state index contributed by atoms with van der Waals surface area (Å²) in [6.45, 7) is 7.08. The van der Waals surface area contributed by atoms with Crippen molar-refractivity contribution < 1.29 is 9.18 Å². The molecule has 0 radical (unpaired) electrons. The fourth-order valence-corrected chi connectivity index (χ4v) is 1.87. The van der Waals surface area contributed by atoms with Gasteiger partial charge < -0.3 is 5.32 Å². The number of pyridine rings is 1. The van der Waals surface area contributed by atoms with E-state index in [9.17, 15) is 9.18 Å². The normalized spacial score (nSPS) is 11.4. The lowest BCUT2D eigenvalue weighted by atomic mass is 9.87. The minimum Gasteiger partial charge on any atom is -0.351 e. The molecule has 0 spiro atoms. The standard InChI is InChI=1S/C15H23FN2O/c1-4-5-6-9-15(2,3)11-18-14(19)12-7-8-13(16)17-10-12/h7-8,10H,4-6,9,11H2,1-3H3,(H,18,19). The SMILES string of the molecule is CCCCCC(C)(C)CNC(=O)c1ccc(F)nc1. The number of nitrogens with zero attached hydrogens (tertiary/aromatic N) is 1. The van der Waals surface area contributed by atoms with Crippen LogP contribution in [0.25, 0.3) is 0 Å². The van der Waals surface area contributed by atoms with Crippen LogP contribution in [-0.2, 0) is 0 Å². The molecule has 106 valence electrons. The van der Waals surface area contributed by atoms with Gasteiger partial charge in [-0.2, -0.15) is 4.39 Å². The molecular weight excluding hydrogens is 243 g/mol. The number of amides is 1. The zero-order chi connectivity index (χ0) is 14.3. The third kappa shape index (κ3) is 5.81. The summed E-state index contributed by atoms with van der Waals surface area (Å²) in [5, 5.41) is 2.88. The van der Waals surface area contributed by atoms with E-state index in [0.717, 1.165) is 6.42 Å². The van der Waals surface area contributed by atoms with E-state index in [1.807, 2.05) is 0 Å². The van der Waals surface area contributed by atoms with Crippen molar-refractivity contribution in [2.45, 2.75) is 46.5 Å². The summed E-state index contributed by atoms with van der Waals surface area (Å²) in [5.74, 6) is -0.771. The van der Waals surface area contributed by atoms with E-state index in [1.54, 1.807) is 0 Å². The van der Waals surface area contributed by atoms with Gasteiger partial charge in [0.15, 0.2) is 0 Å². The molecule has 0 aliphatic carbocycles. The molecule has 0 atom stereocenters. The van der Waals surface area contributed by atoms with Gasteiger partial charge in [0, 0.05) is 12.7 Å². The Bertz CT molecular complexity index is 401. The van der Waals surface area contributed by atoms with Crippen molar-refractivity contribution in [3.63, 3.8) is 0 Å². The van der Waals surface area contributed by atoms with Gasteiger partial charge in [0.1, 0.15) is 0 Å². The molecular formula is C15H23FN2O. The number of halogens is 1. The summed E-state index contributed by atoms with van der Waals surface area (Å²) in [5.41, 5.74) is 0.476. The molecule has 1 N–H and O–H groups in total. The number of rotatable bonds is 7. The largest absolute Gasteiger partial charge is 0.351 e. The maximum absolute atomic E-state index is 12.7. The number of nitrogens with one attached hydrogen (secondary N) is 1. The van der Waals surface area contributed by atoms with Crippen LogP contribution in [0.5, 0.6) is 0 Å². The minimum absolute atomic E-state index is 0.0816. The van der Waals surface area contributed by atoms with Crippen LogP contribution >= 0.6 is 0 Å². The molecule has 0 aliphatic heterocycles. The van der Waals surface area contributed by atoms with Gasteiger partial charge in [-0.05, 0) is 24.0 Å². The van der Waals surface area contributed by atoms with Crippen LogP contribution in [0.1, 0.15) is 56.8 Å². The topological polar surface area (TPSA) is 42.0 Å². The van der Waals surface area contributed by atoms with Crippen molar-refractivity contribution in [1.29, 1.82) is 0 Å². The first-order valence-corrected chi connectivity index (χ1v) is 6.84. The number of carbonyl (C=O) groups is 1. The van der Waals surface area contributed by atoms with Crippen LogP contribution in [-0.4, -0.2) is 17.4 Å². The molecule has 3 nitrogen and oxygen atoms in total. The maximum atomic E-state index is 12.7. The van der Waals surface area contributed by atoms with Crippen LogP contribution < -0.4 is 5.32 Å². The van der Waals surface area contributed by atoms with E-state index in [1.165, 1.54) is 37.6 Å². The van der Waals surface area contributed by atoms with Gasteiger partial charge in [-0.25, -0.2) is 4.98 Å². The molecule has 1 aromatic heterocycles. The summed E-state index contributed by atoms with van der Waals surface area (Å²) < 4.78 is 12.7. The van der Waals surface area contributed by atoms with Crippen molar-refractivity contribution in [2.24, 2.45) is 5.41 Å². The van der Waals surface area contributed by atoms with Crippen molar-refractivity contribution in [2.75, 3.05) is 6.54 Å². The first-order chi connectivity index (χ1) is 8.94. The summed E-state index contributed by atoms with van der Waals surface area (Å²) in [4.78, 5) is 15.3. The van der Waals surface area contributed by atoms with E-state index in [2.05, 4.69) is 31.1 Å². The Kier molecular flexibility index (Phi) is 5.93. The highest BCUT2D eigenvalue weighted by Crippen LogP contribution is 2.22. The van der Waals surface area contributed by atoms with Gasteiger partial charge in [0.05, 0.1) is 5.56 Å². The lowest BCUT2D eigenvalue weighted by Gasteiger charge is -2.24. The highest BCUT2D eigenvalue weighted by Gasteiger charge is 2.18. The molecule has 0 bridgehead atoms. The van der Waals surface area contributed by atoms with Crippen LogP contribution in [0.2, 0.25) is 0 Å². The van der Waals surface area contributed by atoms with Crippen molar-refractivity contribution in [1.82, 2.24) is 10.3 Å². The van der Waals surface area contributed by atoms with Crippen molar-refractivity contribution in [3.05, 3.63) is 29.8 Å². The summed E-state index contributed by atoms with van der Waals surface area (Å²) in [7, 11) is 0. The predicted octanol–water partition coefficient (Wildman–Crippen LogP) is 3.56. The zero-order valence-corrected chi connectivity index (χ0v) is 12.0. The van der Waals surface area contributed by atoms with Crippen molar-refractivity contribution in [3.8, 4) is 0 Å². The van der Waals surface area contributed by atoms with Crippen LogP contribution in [0.15, 0.2) is 18.3 Å². The average molecular weight is 266 g/mol. The number of carbonyl (C=O) groups excluding carboxylic acids is 1. The molecule has 0 saturated heterocycles. The number of hydrogen-bond acceptors (Lipinski definition) is 2. The fourth-order valence-electron chi connectivity index (χ4n) is 1.87. The first kappa shape index (κ1) is 15.6. The molecule has 1 aromatic rings. The second-order valence-corrected chi connectivity index (χ2v) is 5.67. The van der Waals surface area contributed by atoms with Crippen LogP contribution in [0, 0.1) is 11.4 Å². The fraction of sp³-hybridized carbons (Fsp3) is 0.600. The molecule has 19 heavy (non-hydrogen) atoms. The third-order valence-corrected chi connectivity index (χ3v) is 3.17. The Balaban J connectivity index is 2.42. The lowest BCUT2D eigenvalue weighted by molar-refractivity contribution is 0.0933. The van der Waals surface area contributed by atoms with E-state index >= 15 is 0 Å². The maximum Gasteiger partial charge on any atom is 0.252 e. The molecule has 1 amide bonds. The Hall–Kier alpha value is -1.45. The Morgan fingerprint density at radius 1 is 1.37 bits per heavy atom. The molecule has 0 fully saturated rings. The molecule has 4 heteroatoms. The third-order valence-electron chi connectivity index (χ3n) is 3.17. The number of unbranched alkanes of at least 4 members (excludes halogenated alkanes) is 2. The van der Waals surface area contributed by atoms with E-state index < -0.39 is 5.95 Å². The van der Waals surface area contributed by atoms with Gasteiger partial charge in [-0.1, -0.05) is 40.0 Å². The van der Waals surface area contributed by atoms with E-state index in [0.29, 0.717) is 12.1 Å². The molecule has 0 saturated carbocycles. The highest BCUT2D eigenvalue weighted by atomic mass is 19.1. The summed E-state index contributed by atoms with van der Waals surface area (Å²) >= 11 is 0. The van der Waals surface area contributed by atoms with Crippen molar-refractivity contribution >= 4 is 5.91 Å². The van der Waals surface area contributed by atoms with Gasteiger partial charge in [-0.15, -0.1) is 0 Å². The van der Waals surface area contributed by atoms with Crippen LogP contribution in [0.3, 0.4) is 0 Å². The zero-order valence-electron chi connectivity index (χ0n) is 12.0. The van der Waals surface area contributed by atoms with Crippen LogP contribution in [0.4, 0.5) is 4.39 Å². The predicted molar refractivity (Wildman–Crippen MR) is 74.5 cm³/mol. The number of hydrogen-bond donors (Lipinski definition) is 1.